The number of amides is 1. The van der Waals surface area contributed by atoms with E-state index < -0.39 is 22.5 Å². The summed E-state index contributed by atoms with van der Waals surface area (Å²) in [6, 6.07) is 19.7. The maximum absolute atomic E-state index is 13.2. The Morgan fingerprint density at radius 1 is 1.00 bits per heavy atom. The third-order valence-electron chi connectivity index (χ3n) is 4.08. The first-order valence-corrected chi connectivity index (χ1v) is 12.1. The Morgan fingerprint density at radius 3 is 2.32 bits per heavy atom. The third kappa shape index (κ3) is 6.19. The first-order valence-electron chi connectivity index (χ1n) is 8.88. The second kappa shape index (κ2) is 10.4. The highest BCUT2D eigenvalue weighted by molar-refractivity contribution is 14.1. The molecule has 160 valence electrons. The van der Waals surface area contributed by atoms with Crippen molar-refractivity contribution in [2.24, 2.45) is 5.10 Å². The number of nitrogens with zero attached hydrogens (tertiary/aromatic N) is 2. The van der Waals surface area contributed by atoms with Gasteiger partial charge >= 0.3 is 0 Å². The number of anilines is 1. The summed E-state index contributed by atoms with van der Waals surface area (Å²) in [4.78, 5) is 12.6. The van der Waals surface area contributed by atoms with Crippen LogP contribution < -0.4 is 9.73 Å². The van der Waals surface area contributed by atoms with Gasteiger partial charge in [-0.25, -0.2) is 13.8 Å². The molecule has 0 saturated carbocycles. The van der Waals surface area contributed by atoms with Crippen LogP contribution in [0.4, 0.5) is 5.69 Å². The topological polar surface area (TPSA) is 78.8 Å². The van der Waals surface area contributed by atoms with Gasteiger partial charge in [-0.15, -0.1) is 0 Å². The number of carbonyl (C=O) groups is 1. The van der Waals surface area contributed by atoms with E-state index in [1.807, 2.05) is 0 Å². The van der Waals surface area contributed by atoms with Crippen molar-refractivity contribution in [1.29, 1.82) is 0 Å². The fourth-order valence-corrected chi connectivity index (χ4v) is 4.69. The van der Waals surface area contributed by atoms with Crippen LogP contribution in [0.3, 0.4) is 0 Å². The molecule has 0 unspecified atom stereocenters. The van der Waals surface area contributed by atoms with Gasteiger partial charge in [-0.3, -0.25) is 9.10 Å². The first kappa shape index (κ1) is 23.5. The molecule has 0 bridgehead atoms. The lowest BCUT2D eigenvalue weighted by Gasteiger charge is -2.23. The Labute approximate surface area is 204 Å². The molecule has 0 aliphatic carbocycles. The summed E-state index contributed by atoms with van der Waals surface area (Å²) < 4.78 is 28.4. The quantitative estimate of drug-likeness (QED) is 0.241. The summed E-state index contributed by atoms with van der Waals surface area (Å²) in [7, 11) is -3.96. The second-order valence-corrected chi connectivity index (χ2v) is 10.2. The number of sulfonamides is 1. The van der Waals surface area contributed by atoms with Crippen LogP contribution in [0.15, 0.2) is 82.8 Å². The summed E-state index contributed by atoms with van der Waals surface area (Å²) >= 11 is 14.0. The van der Waals surface area contributed by atoms with Crippen molar-refractivity contribution >= 4 is 73.6 Å². The predicted octanol–water partition coefficient (Wildman–Crippen LogP) is 4.94. The zero-order chi connectivity index (χ0) is 22.4. The molecule has 3 rings (SSSR count). The van der Waals surface area contributed by atoms with Crippen LogP contribution in [-0.2, 0) is 14.8 Å². The number of hydrazone groups is 1. The average Bonchev–Trinajstić information content (AvgIpc) is 2.76. The number of hydrogen-bond acceptors (Lipinski definition) is 4. The number of halogens is 3. The molecule has 1 N–H and O–H groups in total. The summed E-state index contributed by atoms with van der Waals surface area (Å²) in [5, 5.41) is 4.64. The predicted molar refractivity (Wildman–Crippen MR) is 132 cm³/mol. The monoisotopic (exact) mass is 587 g/mol. The van der Waals surface area contributed by atoms with Gasteiger partial charge in [0.05, 0.1) is 26.8 Å². The van der Waals surface area contributed by atoms with E-state index in [2.05, 4.69) is 33.1 Å². The first-order chi connectivity index (χ1) is 14.8. The molecule has 1 amide bonds. The van der Waals surface area contributed by atoms with Crippen molar-refractivity contribution in [3.8, 4) is 0 Å². The molecule has 0 aliphatic rings. The van der Waals surface area contributed by atoms with Crippen LogP contribution in [-0.4, -0.2) is 27.1 Å². The van der Waals surface area contributed by atoms with E-state index in [0.29, 0.717) is 21.3 Å². The minimum Gasteiger partial charge on any atom is -0.271 e. The molecule has 0 spiro atoms. The van der Waals surface area contributed by atoms with E-state index in [1.54, 1.807) is 60.7 Å². The van der Waals surface area contributed by atoms with Gasteiger partial charge in [-0.1, -0.05) is 47.5 Å². The molecule has 6 nitrogen and oxygen atoms in total. The summed E-state index contributed by atoms with van der Waals surface area (Å²) in [6.07, 6.45) is 1.39. The molecule has 0 heterocycles. The van der Waals surface area contributed by atoms with Crippen LogP contribution in [0.2, 0.25) is 10.0 Å². The van der Waals surface area contributed by atoms with Gasteiger partial charge in [0.15, 0.2) is 0 Å². The van der Waals surface area contributed by atoms with Gasteiger partial charge in [-0.2, -0.15) is 5.10 Å². The highest BCUT2D eigenvalue weighted by atomic mass is 127. The fraction of sp³-hybridized carbons (Fsp3) is 0.0476. The van der Waals surface area contributed by atoms with Crippen LogP contribution in [0.5, 0.6) is 0 Å². The molecule has 0 saturated heterocycles. The number of carbonyl (C=O) groups excluding carboxylic acids is 1. The number of hydrogen-bond donors (Lipinski definition) is 1. The van der Waals surface area contributed by atoms with Gasteiger partial charge in [0.1, 0.15) is 6.54 Å². The molecule has 0 atom stereocenters. The van der Waals surface area contributed by atoms with Crippen LogP contribution in [0.25, 0.3) is 0 Å². The maximum Gasteiger partial charge on any atom is 0.264 e. The summed E-state index contributed by atoms with van der Waals surface area (Å²) in [5.41, 5.74) is 3.34. The molecule has 0 aliphatic heterocycles. The smallest absolute Gasteiger partial charge is 0.264 e. The summed E-state index contributed by atoms with van der Waals surface area (Å²) in [6.45, 7) is -0.448. The average molecular weight is 588 g/mol. The lowest BCUT2D eigenvalue weighted by molar-refractivity contribution is -0.119. The van der Waals surface area contributed by atoms with E-state index >= 15 is 0 Å². The second-order valence-electron chi connectivity index (χ2n) is 6.27. The van der Waals surface area contributed by atoms with E-state index in [-0.39, 0.29) is 4.90 Å². The lowest BCUT2D eigenvalue weighted by atomic mass is 10.2. The Balaban J connectivity index is 1.81. The van der Waals surface area contributed by atoms with E-state index in [4.69, 9.17) is 23.2 Å². The Morgan fingerprint density at radius 2 is 1.68 bits per heavy atom. The van der Waals surface area contributed by atoms with E-state index in [9.17, 15) is 13.2 Å². The SMILES string of the molecule is O=C(CN(c1ccc(I)cc1)S(=O)(=O)c1ccccc1)N/N=C\c1ccc(Cl)c(Cl)c1. The standard InChI is InChI=1S/C21H16Cl2IN3O3S/c22-19-11-6-15(12-20(19)23)13-25-26-21(28)14-27(17-9-7-16(24)8-10-17)31(29,30)18-4-2-1-3-5-18/h1-13H,14H2,(H,26,28)/b25-13-. The maximum atomic E-state index is 13.2. The fourth-order valence-electron chi connectivity index (χ4n) is 2.58. The third-order valence-corrected chi connectivity index (χ3v) is 7.33. The van der Waals surface area contributed by atoms with Gasteiger partial charge in [0.25, 0.3) is 15.9 Å². The van der Waals surface area contributed by atoms with E-state index in [1.165, 1.54) is 18.3 Å². The van der Waals surface area contributed by atoms with Crippen molar-refractivity contribution in [2.45, 2.75) is 4.90 Å². The van der Waals surface area contributed by atoms with Gasteiger partial charge in [0, 0.05) is 3.57 Å². The van der Waals surface area contributed by atoms with E-state index in [0.717, 1.165) is 7.88 Å². The molecular formula is C21H16Cl2IN3O3S. The molecule has 3 aromatic carbocycles. The van der Waals surface area contributed by atoms with Crippen molar-refractivity contribution in [2.75, 3.05) is 10.8 Å². The highest BCUT2D eigenvalue weighted by Gasteiger charge is 2.27. The van der Waals surface area contributed by atoms with Crippen molar-refractivity contribution < 1.29 is 13.2 Å². The Hall–Kier alpha value is -2.14. The minimum atomic E-state index is -3.96. The zero-order valence-corrected chi connectivity index (χ0v) is 20.4. The van der Waals surface area contributed by atoms with Gasteiger partial charge < -0.3 is 0 Å². The lowest BCUT2D eigenvalue weighted by Crippen LogP contribution is -2.39. The Bertz CT molecular complexity index is 1200. The molecule has 0 fully saturated rings. The Kier molecular flexibility index (Phi) is 7.93. The highest BCUT2D eigenvalue weighted by Crippen LogP contribution is 2.24. The zero-order valence-electron chi connectivity index (χ0n) is 15.9. The minimum absolute atomic E-state index is 0.0839. The van der Waals surface area contributed by atoms with Gasteiger partial charge in [-0.05, 0) is 76.7 Å². The molecule has 10 heteroatoms. The van der Waals surface area contributed by atoms with Crippen molar-refractivity contribution in [3.63, 3.8) is 0 Å². The molecule has 0 aromatic heterocycles. The largest absolute Gasteiger partial charge is 0.271 e. The molecule has 0 radical (unpaired) electrons. The normalized spacial score (nSPS) is 11.5. The van der Waals surface area contributed by atoms with Crippen LogP contribution >= 0.6 is 45.8 Å². The van der Waals surface area contributed by atoms with Crippen molar-refractivity contribution in [3.05, 3.63) is 92.0 Å². The number of rotatable bonds is 7. The molecule has 31 heavy (non-hydrogen) atoms. The summed E-state index contributed by atoms with van der Waals surface area (Å²) in [5.74, 6) is -0.602. The van der Waals surface area contributed by atoms with Crippen molar-refractivity contribution in [1.82, 2.24) is 5.43 Å². The molecular weight excluding hydrogens is 572 g/mol. The van der Waals surface area contributed by atoms with Crippen LogP contribution in [0, 0.1) is 3.57 Å². The number of nitrogens with one attached hydrogen (secondary N) is 1. The molecule has 3 aromatic rings. The van der Waals surface area contributed by atoms with Gasteiger partial charge in [0.2, 0.25) is 0 Å². The van der Waals surface area contributed by atoms with Crippen LogP contribution in [0.1, 0.15) is 5.56 Å². The number of benzene rings is 3.